The van der Waals surface area contributed by atoms with Gasteiger partial charge in [-0.15, -0.1) is 0 Å². The second kappa shape index (κ2) is 3.73. The van der Waals surface area contributed by atoms with E-state index in [1.54, 1.807) is 0 Å². The Kier molecular flexibility index (Phi) is 2.36. The number of ether oxygens (including phenoxy) is 1. The van der Waals surface area contributed by atoms with Crippen molar-refractivity contribution in [3.05, 3.63) is 41.1 Å². The first-order valence-corrected chi connectivity index (χ1v) is 6.45. The van der Waals surface area contributed by atoms with Gasteiger partial charge in [0.15, 0.2) is 0 Å². The van der Waals surface area contributed by atoms with E-state index in [-0.39, 0.29) is 5.60 Å². The first-order chi connectivity index (χ1) is 8.87. The van der Waals surface area contributed by atoms with Crippen LogP contribution in [0.3, 0.4) is 0 Å². The number of fused-ring (bicyclic) bond motifs is 2. The summed E-state index contributed by atoms with van der Waals surface area (Å²) in [7, 11) is 0. The molecular formula is C16H18NO2+. The third-order valence-corrected chi connectivity index (χ3v) is 3.58. The fourth-order valence-electron chi connectivity index (χ4n) is 2.54. The van der Waals surface area contributed by atoms with E-state index in [1.807, 2.05) is 52.0 Å². The molecule has 0 saturated carbocycles. The highest BCUT2D eigenvalue weighted by Crippen LogP contribution is 2.34. The van der Waals surface area contributed by atoms with Crippen LogP contribution in [0.4, 0.5) is 0 Å². The molecule has 3 rings (SSSR count). The van der Waals surface area contributed by atoms with Crippen molar-refractivity contribution in [1.82, 2.24) is 0 Å². The van der Waals surface area contributed by atoms with E-state index >= 15 is 0 Å². The van der Waals surface area contributed by atoms with Crippen molar-refractivity contribution in [2.45, 2.75) is 33.3 Å². The standard InChI is InChI=1S/C16H18NO2/c1-10-7-11(2)17(18)14-8-12-5-6-16(3,4)19-15(12)9-13(10)14/h5-9,18H,1-4H3/q+1. The Hall–Kier alpha value is -2.03. The Balaban J connectivity index is 2.33. The molecule has 0 radical (unpaired) electrons. The van der Waals surface area contributed by atoms with Crippen LogP contribution in [0.5, 0.6) is 5.75 Å². The van der Waals surface area contributed by atoms with Crippen molar-refractivity contribution in [2.24, 2.45) is 0 Å². The Morgan fingerprint density at radius 3 is 2.63 bits per heavy atom. The van der Waals surface area contributed by atoms with Crippen LogP contribution in [0.2, 0.25) is 0 Å². The predicted octanol–water partition coefficient (Wildman–Crippen LogP) is 3.17. The highest BCUT2D eigenvalue weighted by Gasteiger charge is 2.25. The summed E-state index contributed by atoms with van der Waals surface area (Å²) in [5, 5.41) is 11.2. The van der Waals surface area contributed by atoms with Gasteiger partial charge in [-0.2, -0.15) is 0 Å². The van der Waals surface area contributed by atoms with E-state index in [0.717, 1.165) is 33.5 Å². The van der Waals surface area contributed by atoms with Gasteiger partial charge >= 0.3 is 0 Å². The quantitative estimate of drug-likeness (QED) is 0.580. The predicted molar refractivity (Wildman–Crippen MR) is 74.5 cm³/mol. The normalized spacial score (nSPS) is 16.2. The summed E-state index contributed by atoms with van der Waals surface area (Å²) in [5.74, 6) is 0.868. The molecule has 1 aliphatic rings. The van der Waals surface area contributed by atoms with Crippen molar-refractivity contribution in [1.29, 1.82) is 0 Å². The fourth-order valence-corrected chi connectivity index (χ4v) is 2.54. The molecule has 0 spiro atoms. The van der Waals surface area contributed by atoms with Crippen LogP contribution < -0.4 is 9.47 Å². The van der Waals surface area contributed by atoms with Crippen molar-refractivity contribution >= 4 is 17.0 Å². The van der Waals surface area contributed by atoms with Crippen molar-refractivity contribution < 1.29 is 14.7 Å². The van der Waals surface area contributed by atoms with Crippen LogP contribution >= 0.6 is 0 Å². The summed E-state index contributed by atoms with van der Waals surface area (Å²) in [6.45, 7) is 8.00. The van der Waals surface area contributed by atoms with Crippen LogP contribution in [-0.2, 0) is 0 Å². The van der Waals surface area contributed by atoms with Gasteiger partial charge in [-0.25, -0.2) is 0 Å². The second-order valence-corrected chi connectivity index (χ2v) is 5.73. The van der Waals surface area contributed by atoms with Crippen molar-refractivity contribution in [3.8, 4) is 5.75 Å². The zero-order valence-corrected chi connectivity index (χ0v) is 11.7. The van der Waals surface area contributed by atoms with Crippen LogP contribution in [0.1, 0.15) is 30.7 Å². The lowest BCUT2D eigenvalue weighted by atomic mass is 9.99. The molecule has 0 saturated heterocycles. The fraction of sp³-hybridized carbons (Fsp3) is 0.312. The van der Waals surface area contributed by atoms with Crippen LogP contribution in [0.25, 0.3) is 17.0 Å². The summed E-state index contributed by atoms with van der Waals surface area (Å²) in [6.07, 6.45) is 4.08. The van der Waals surface area contributed by atoms with Gasteiger partial charge in [-0.05, 0) is 38.5 Å². The maximum Gasteiger partial charge on any atom is 0.265 e. The van der Waals surface area contributed by atoms with Crippen molar-refractivity contribution in [3.63, 3.8) is 0 Å². The number of aromatic nitrogens is 1. The number of aryl methyl sites for hydroxylation is 2. The molecular weight excluding hydrogens is 238 g/mol. The van der Waals surface area contributed by atoms with Gasteiger partial charge in [-0.3, -0.25) is 5.21 Å². The van der Waals surface area contributed by atoms with Gasteiger partial charge < -0.3 is 4.74 Å². The number of hydrogen-bond donors (Lipinski definition) is 1. The van der Waals surface area contributed by atoms with E-state index in [1.165, 1.54) is 4.73 Å². The summed E-state index contributed by atoms with van der Waals surface area (Å²) in [6, 6.07) is 5.95. The monoisotopic (exact) mass is 256 g/mol. The lowest BCUT2D eigenvalue weighted by Crippen LogP contribution is -2.35. The lowest BCUT2D eigenvalue weighted by molar-refractivity contribution is -0.888. The first kappa shape index (κ1) is 12.0. The Labute approximate surface area is 112 Å². The number of nitrogens with zero attached hydrogens (tertiary/aromatic N) is 1. The van der Waals surface area contributed by atoms with E-state index in [2.05, 4.69) is 6.08 Å². The highest BCUT2D eigenvalue weighted by molar-refractivity contribution is 5.85. The van der Waals surface area contributed by atoms with E-state index in [9.17, 15) is 5.21 Å². The molecule has 1 N–H and O–H groups in total. The molecule has 0 unspecified atom stereocenters. The Morgan fingerprint density at radius 2 is 1.89 bits per heavy atom. The maximum atomic E-state index is 10.1. The number of benzene rings is 1. The average molecular weight is 256 g/mol. The molecule has 2 heterocycles. The van der Waals surface area contributed by atoms with Gasteiger partial charge in [0.05, 0.1) is 5.39 Å². The topological polar surface area (TPSA) is 33.3 Å². The van der Waals surface area contributed by atoms with Gasteiger partial charge in [0.1, 0.15) is 11.4 Å². The minimum Gasteiger partial charge on any atom is -0.483 e. The molecule has 1 aromatic heterocycles. The molecule has 0 aliphatic carbocycles. The molecule has 2 aromatic rings. The van der Waals surface area contributed by atoms with E-state index in [0.29, 0.717) is 0 Å². The molecule has 0 amide bonds. The van der Waals surface area contributed by atoms with E-state index < -0.39 is 0 Å². The summed E-state index contributed by atoms with van der Waals surface area (Å²) < 4.78 is 7.21. The molecule has 3 nitrogen and oxygen atoms in total. The van der Waals surface area contributed by atoms with Crippen molar-refractivity contribution in [2.75, 3.05) is 0 Å². The summed E-state index contributed by atoms with van der Waals surface area (Å²) >= 11 is 0. The molecule has 0 bridgehead atoms. The van der Waals surface area contributed by atoms with Gasteiger partial charge in [-0.1, -0.05) is 6.08 Å². The average Bonchev–Trinajstić information content (AvgIpc) is 2.33. The van der Waals surface area contributed by atoms with Crippen LogP contribution in [0, 0.1) is 13.8 Å². The largest absolute Gasteiger partial charge is 0.483 e. The first-order valence-electron chi connectivity index (χ1n) is 6.45. The Morgan fingerprint density at radius 1 is 1.16 bits per heavy atom. The number of pyridine rings is 1. The molecule has 19 heavy (non-hydrogen) atoms. The Bertz CT molecular complexity index is 714. The second-order valence-electron chi connectivity index (χ2n) is 5.73. The molecule has 0 fully saturated rings. The minimum absolute atomic E-state index is 0.283. The van der Waals surface area contributed by atoms with E-state index in [4.69, 9.17) is 4.74 Å². The molecule has 0 atom stereocenters. The zero-order chi connectivity index (χ0) is 13.8. The number of hydrogen-bond acceptors (Lipinski definition) is 2. The van der Waals surface area contributed by atoms with Gasteiger partial charge in [0.2, 0.25) is 5.69 Å². The molecule has 1 aliphatic heterocycles. The third-order valence-electron chi connectivity index (χ3n) is 3.58. The minimum atomic E-state index is -0.283. The van der Waals surface area contributed by atoms with Crippen LogP contribution in [-0.4, -0.2) is 10.8 Å². The zero-order valence-electron chi connectivity index (χ0n) is 11.7. The number of rotatable bonds is 0. The SMILES string of the molecule is Cc1cc(C)[n+](O)c2cc3c(cc12)OC(C)(C)C=C3. The molecule has 3 heteroatoms. The van der Waals surface area contributed by atoms with Gasteiger partial charge in [0.25, 0.3) is 5.52 Å². The highest BCUT2D eigenvalue weighted by atomic mass is 16.5. The summed E-state index contributed by atoms with van der Waals surface area (Å²) in [5.41, 5.74) is 3.49. The molecule has 1 aromatic carbocycles. The smallest absolute Gasteiger partial charge is 0.265 e. The van der Waals surface area contributed by atoms with Gasteiger partial charge in [0, 0.05) is 29.4 Å². The summed E-state index contributed by atoms with van der Waals surface area (Å²) in [4.78, 5) is 0. The van der Waals surface area contributed by atoms with Crippen LogP contribution in [0.15, 0.2) is 24.3 Å². The lowest BCUT2D eigenvalue weighted by Gasteiger charge is -2.27. The maximum absolute atomic E-state index is 10.1. The third kappa shape index (κ3) is 1.86. The molecule has 98 valence electrons.